The highest BCUT2D eigenvalue weighted by atomic mass is 16.5. The number of carboxylic acid groups (broad SMARTS) is 1. The number of benzene rings is 1. The molecule has 2 aromatic rings. The average Bonchev–Trinajstić information content (AvgIpc) is 3.06. The number of rotatable bonds is 5. The fourth-order valence-electron chi connectivity index (χ4n) is 2.63. The third-order valence-corrected chi connectivity index (χ3v) is 3.67. The van der Waals surface area contributed by atoms with E-state index >= 15 is 0 Å². The summed E-state index contributed by atoms with van der Waals surface area (Å²) in [6.07, 6.45) is 6.88. The van der Waals surface area contributed by atoms with Gasteiger partial charge in [-0.05, 0) is 36.1 Å². The van der Waals surface area contributed by atoms with Gasteiger partial charge in [0.15, 0.2) is 0 Å². The Bertz CT molecular complexity index is 608. The van der Waals surface area contributed by atoms with Crippen molar-refractivity contribution in [2.45, 2.75) is 25.3 Å². The fraction of sp³-hybridized carbons (Fsp3) is 0.333. The first kappa shape index (κ1) is 12.7. The number of imidazole rings is 1. The van der Waals surface area contributed by atoms with Gasteiger partial charge in [0.05, 0.1) is 18.8 Å². The van der Waals surface area contributed by atoms with Gasteiger partial charge in [0, 0.05) is 12.4 Å². The number of aromatic nitrogens is 2. The first-order valence-electron chi connectivity index (χ1n) is 6.68. The molecular weight excluding hydrogens is 256 g/mol. The lowest BCUT2D eigenvalue weighted by Crippen LogP contribution is -2.08. The zero-order valence-electron chi connectivity index (χ0n) is 11.0. The molecule has 0 fully saturated rings. The van der Waals surface area contributed by atoms with Crippen LogP contribution in [0, 0.1) is 0 Å². The highest BCUT2D eigenvalue weighted by Gasteiger charge is 2.28. The van der Waals surface area contributed by atoms with Gasteiger partial charge in [0.1, 0.15) is 12.4 Å². The Hall–Kier alpha value is -2.30. The molecule has 0 amide bonds. The topological polar surface area (TPSA) is 64.3 Å². The Balaban J connectivity index is 1.63. The summed E-state index contributed by atoms with van der Waals surface area (Å²) in [6, 6.07) is 5.70. The summed E-state index contributed by atoms with van der Waals surface area (Å²) in [5, 5.41) is 9.14. The zero-order chi connectivity index (χ0) is 13.9. The van der Waals surface area contributed by atoms with E-state index in [1.165, 1.54) is 0 Å². The van der Waals surface area contributed by atoms with E-state index in [0.717, 1.165) is 29.8 Å². The van der Waals surface area contributed by atoms with E-state index in [-0.39, 0.29) is 5.92 Å². The largest absolute Gasteiger partial charge is 0.492 e. The molecule has 1 atom stereocenters. The van der Waals surface area contributed by atoms with E-state index < -0.39 is 5.97 Å². The second-order valence-electron chi connectivity index (χ2n) is 4.94. The van der Waals surface area contributed by atoms with Crippen molar-refractivity contribution in [2.75, 3.05) is 6.61 Å². The number of carboxylic acids is 1. The molecule has 1 aliphatic rings. The summed E-state index contributed by atoms with van der Waals surface area (Å²) in [6.45, 7) is 1.31. The monoisotopic (exact) mass is 272 g/mol. The van der Waals surface area contributed by atoms with E-state index in [0.29, 0.717) is 13.0 Å². The Morgan fingerprint density at radius 3 is 3.15 bits per heavy atom. The van der Waals surface area contributed by atoms with Gasteiger partial charge >= 0.3 is 5.97 Å². The predicted octanol–water partition coefficient (Wildman–Crippen LogP) is 2.08. The smallest absolute Gasteiger partial charge is 0.310 e. The maximum Gasteiger partial charge on any atom is 0.310 e. The number of nitrogens with zero attached hydrogens (tertiary/aromatic N) is 2. The summed E-state index contributed by atoms with van der Waals surface area (Å²) in [4.78, 5) is 15.1. The SMILES string of the molecule is O=C(O)[C@H]1CCc2cc(OCCn3ccnc3)ccc21. The van der Waals surface area contributed by atoms with Crippen LogP contribution >= 0.6 is 0 Å². The molecule has 1 N–H and O–H groups in total. The summed E-state index contributed by atoms with van der Waals surface area (Å²) in [5.74, 6) is -0.294. The molecule has 104 valence electrons. The molecule has 0 bridgehead atoms. The van der Waals surface area contributed by atoms with Crippen molar-refractivity contribution < 1.29 is 14.6 Å². The maximum absolute atomic E-state index is 11.1. The Kier molecular flexibility index (Phi) is 3.41. The van der Waals surface area contributed by atoms with Crippen molar-refractivity contribution >= 4 is 5.97 Å². The first-order chi connectivity index (χ1) is 9.74. The summed E-state index contributed by atoms with van der Waals surface area (Å²) < 4.78 is 7.66. The van der Waals surface area contributed by atoms with Crippen molar-refractivity contribution in [1.29, 1.82) is 0 Å². The average molecular weight is 272 g/mol. The molecule has 0 saturated carbocycles. The standard InChI is InChI=1S/C15H16N2O3/c18-15(19)14-3-1-11-9-12(2-4-13(11)14)20-8-7-17-6-5-16-10-17/h2,4-6,9-10,14H,1,3,7-8H2,(H,18,19)/t14-/m0/s1. The van der Waals surface area contributed by atoms with Crippen LogP contribution in [0.3, 0.4) is 0 Å². The van der Waals surface area contributed by atoms with Crippen LogP contribution in [0.15, 0.2) is 36.9 Å². The summed E-state index contributed by atoms with van der Waals surface area (Å²) >= 11 is 0. The minimum Gasteiger partial charge on any atom is -0.492 e. The normalized spacial score (nSPS) is 16.9. The lowest BCUT2D eigenvalue weighted by Gasteiger charge is -2.10. The third-order valence-electron chi connectivity index (χ3n) is 3.67. The summed E-state index contributed by atoms with van der Waals surface area (Å²) in [5.41, 5.74) is 2.02. The second kappa shape index (κ2) is 5.36. The number of aliphatic carboxylic acids is 1. The van der Waals surface area contributed by atoms with Gasteiger partial charge in [-0.2, -0.15) is 0 Å². The van der Waals surface area contributed by atoms with Crippen molar-refractivity contribution in [3.8, 4) is 5.75 Å². The van der Waals surface area contributed by atoms with Crippen LogP contribution in [0.25, 0.3) is 0 Å². The molecule has 20 heavy (non-hydrogen) atoms. The van der Waals surface area contributed by atoms with Gasteiger partial charge in [-0.25, -0.2) is 4.98 Å². The minimum atomic E-state index is -0.738. The number of carbonyl (C=O) groups is 1. The van der Waals surface area contributed by atoms with Gasteiger partial charge in [-0.1, -0.05) is 6.07 Å². The predicted molar refractivity (Wildman–Crippen MR) is 72.9 cm³/mol. The van der Waals surface area contributed by atoms with E-state index in [9.17, 15) is 4.79 Å². The van der Waals surface area contributed by atoms with E-state index in [1.807, 2.05) is 29.0 Å². The lowest BCUT2D eigenvalue weighted by atomic mass is 10.0. The van der Waals surface area contributed by atoms with Crippen LogP contribution in [0.1, 0.15) is 23.5 Å². The van der Waals surface area contributed by atoms with Crippen LogP contribution in [0.5, 0.6) is 5.75 Å². The van der Waals surface area contributed by atoms with Gasteiger partial charge in [-0.3, -0.25) is 4.79 Å². The molecule has 0 radical (unpaired) electrons. The van der Waals surface area contributed by atoms with Gasteiger partial charge in [-0.15, -0.1) is 0 Å². The number of fused-ring (bicyclic) bond motifs is 1. The highest BCUT2D eigenvalue weighted by molar-refractivity contribution is 5.78. The van der Waals surface area contributed by atoms with Crippen LogP contribution in [-0.2, 0) is 17.8 Å². The van der Waals surface area contributed by atoms with Crippen molar-refractivity contribution in [3.05, 3.63) is 48.0 Å². The van der Waals surface area contributed by atoms with Gasteiger partial charge in [0.25, 0.3) is 0 Å². The van der Waals surface area contributed by atoms with Crippen molar-refractivity contribution in [1.82, 2.24) is 9.55 Å². The van der Waals surface area contributed by atoms with Crippen LogP contribution < -0.4 is 4.74 Å². The maximum atomic E-state index is 11.1. The number of hydrogen-bond donors (Lipinski definition) is 1. The Labute approximate surface area is 116 Å². The highest BCUT2D eigenvalue weighted by Crippen LogP contribution is 2.35. The molecular formula is C15H16N2O3. The third kappa shape index (κ3) is 2.52. The second-order valence-corrected chi connectivity index (χ2v) is 4.94. The first-order valence-corrected chi connectivity index (χ1v) is 6.68. The Morgan fingerprint density at radius 2 is 2.40 bits per heavy atom. The van der Waals surface area contributed by atoms with Crippen LogP contribution in [-0.4, -0.2) is 27.2 Å². The Morgan fingerprint density at radius 1 is 1.50 bits per heavy atom. The number of ether oxygens (including phenoxy) is 1. The molecule has 0 unspecified atom stereocenters. The van der Waals surface area contributed by atoms with Gasteiger partial charge in [0.2, 0.25) is 0 Å². The number of hydrogen-bond acceptors (Lipinski definition) is 3. The molecule has 1 heterocycles. The van der Waals surface area contributed by atoms with Gasteiger partial charge < -0.3 is 14.4 Å². The van der Waals surface area contributed by atoms with Crippen molar-refractivity contribution in [2.24, 2.45) is 0 Å². The molecule has 5 nitrogen and oxygen atoms in total. The molecule has 0 spiro atoms. The lowest BCUT2D eigenvalue weighted by molar-refractivity contribution is -0.138. The summed E-state index contributed by atoms with van der Waals surface area (Å²) in [7, 11) is 0. The van der Waals surface area contributed by atoms with E-state index in [4.69, 9.17) is 9.84 Å². The van der Waals surface area contributed by atoms with E-state index in [1.54, 1.807) is 12.5 Å². The van der Waals surface area contributed by atoms with Crippen LogP contribution in [0.4, 0.5) is 0 Å². The molecule has 1 aromatic carbocycles. The fourth-order valence-corrected chi connectivity index (χ4v) is 2.63. The van der Waals surface area contributed by atoms with Crippen LogP contribution in [0.2, 0.25) is 0 Å². The molecule has 3 rings (SSSR count). The van der Waals surface area contributed by atoms with E-state index in [2.05, 4.69) is 4.98 Å². The zero-order valence-corrected chi connectivity index (χ0v) is 11.0. The molecule has 1 aromatic heterocycles. The van der Waals surface area contributed by atoms with Crippen molar-refractivity contribution in [3.63, 3.8) is 0 Å². The molecule has 5 heteroatoms. The molecule has 0 aliphatic heterocycles. The minimum absolute atomic E-state index is 0.356. The molecule has 1 aliphatic carbocycles. The quantitative estimate of drug-likeness (QED) is 0.905. The number of aryl methyl sites for hydroxylation is 1. The molecule has 0 saturated heterocycles.